The molecule has 1 aromatic heterocycles. The van der Waals surface area contributed by atoms with E-state index in [1.165, 1.54) is 37.7 Å². The fraction of sp³-hybridized carbons (Fsp3) is 0.421. The van der Waals surface area contributed by atoms with Gasteiger partial charge in [0.05, 0.1) is 11.1 Å². The van der Waals surface area contributed by atoms with Crippen molar-refractivity contribution in [2.24, 2.45) is 25.0 Å². The van der Waals surface area contributed by atoms with Gasteiger partial charge in [-0.25, -0.2) is 4.79 Å². The van der Waals surface area contributed by atoms with Crippen LogP contribution in [0, 0.1) is 12.8 Å². The van der Waals surface area contributed by atoms with Crippen molar-refractivity contribution in [3.05, 3.63) is 56.2 Å². The van der Waals surface area contributed by atoms with Gasteiger partial charge in [-0.3, -0.25) is 13.9 Å². The summed E-state index contributed by atoms with van der Waals surface area (Å²) < 4.78 is 46.7. The van der Waals surface area contributed by atoms with Crippen LogP contribution in [0.15, 0.2) is 38.8 Å². The molecule has 0 spiro atoms. The molecule has 1 aromatic carbocycles. The molecule has 2 rings (SSSR count). The molecule has 28 heavy (non-hydrogen) atoms. The van der Waals surface area contributed by atoms with Crippen LogP contribution in [0.4, 0.5) is 19.0 Å². The second-order valence-electron chi connectivity index (χ2n) is 6.54. The second-order valence-corrected chi connectivity index (χ2v) is 6.54. The average Bonchev–Trinajstić information content (AvgIpc) is 2.66. The lowest BCUT2D eigenvalue weighted by molar-refractivity contribution is -0.137. The maximum absolute atomic E-state index is 12.9. The lowest BCUT2D eigenvalue weighted by Gasteiger charge is -2.17. The predicted molar refractivity (Wildman–Crippen MR) is 100 cm³/mol. The van der Waals surface area contributed by atoms with Crippen LogP contribution < -0.4 is 16.0 Å². The molecule has 1 heterocycles. The van der Waals surface area contributed by atoms with Crippen LogP contribution in [-0.4, -0.2) is 15.0 Å². The highest BCUT2D eigenvalue weighted by Gasteiger charge is 2.31. The molecule has 1 atom stereocenters. The third-order valence-corrected chi connectivity index (χ3v) is 4.49. The summed E-state index contributed by atoms with van der Waals surface area (Å²) in [7, 11) is 2.83. The minimum absolute atomic E-state index is 0.0274. The molecule has 152 valence electrons. The standard InChI is InChI=1S/C19H22F3N3O3/c1-6-11(2)16(28-14-9-7-8-13(10-14)19(20,21)22)23-15-12(3)17(26)25(5)18(27)24(15)4/h7-11H,6H2,1-5H3/b23-16+. The summed E-state index contributed by atoms with van der Waals surface area (Å²) in [4.78, 5) is 28.7. The average molecular weight is 397 g/mol. The van der Waals surface area contributed by atoms with Gasteiger partial charge in [0.25, 0.3) is 5.56 Å². The third kappa shape index (κ3) is 4.35. The highest BCUT2D eigenvalue weighted by Crippen LogP contribution is 2.31. The Balaban J connectivity index is 2.59. The molecule has 2 aromatic rings. The SMILES string of the molecule is CCC(C)/C(=N\c1c(C)c(=O)n(C)c(=O)n1C)Oc1cccc(C(F)(F)F)c1. The zero-order valence-electron chi connectivity index (χ0n) is 16.3. The van der Waals surface area contributed by atoms with Gasteiger partial charge in [-0.05, 0) is 31.5 Å². The van der Waals surface area contributed by atoms with E-state index in [0.717, 1.165) is 16.7 Å². The number of ether oxygens (including phenoxy) is 1. The Kier molecular flexibility index (Phi) is 6.16. The fourth-order valence-electron chi connectivity index (χ4n) is 2.53. The molecule has 0 aliphatic heterocycles. The Morgan fingerprint density at radius 3 is 2.43 bits per heavy atom. The van der Waals surface area contributed by atoms with Crippen LogP contribution in [0.1, 0.15) is 31.4 Å². The maximum Gasteiger partial charge on any atom is 0.416 e. The molecule has 6 nitrogen and oxygen atoms in total. The third-order valence-electron chi connectivity index (χ3n) is 4.49. The molecule has 9 heteroatoms. The van der Waals surface area contributed by atoms with E-state index in [9.17, 15) is 22.8 Å². The highest BCUT2D eigenvalue weighted by atomic mass is 19.4. The number of benzene rings is 1. The fourth-order valence-corrected chi connectivity index (χ4v) is 2.53. The maximum atomic E-state index is 12.9. The molecule has 0 aliphatic carbocycles. The summed E-state index contributed by atoms with van der Waals surface area (Å²) in [5, 5.41) is 0. The van der Waals surface area contributed by atoms with Gasteiger partial charge in [0.1, 0.15) is 11.6 Å². The smallest absolute Gasteiger partial charge is 0.416 e. The van der Waals surface area contributed by atoms with Gasteiger partial charge in [-0.2, -0.15) is 18.2 Å². The second kappa shape index (κ2) is 8.04. The summed E-state index contributed by atoms with van der Waals surface area (Å²) in [5.74, 6) is -0.0583. The molecule has 1 unspecified atom stereocenters. The minimum atomic E-state index is -4.50. The first kappa shape index (κ1) is 21.5. The number of alkyl halides is 3. The molecule has 0 fully saturated rings. The normalized spacial score (nSPS) is 13.5. The van der Waals surface area contributed by atoms with E-state index in [2.05, 4.69) is 4.99 Å². The van der Waals surface area contributed by atoms with Crippen LogP contribution in [-0.2, 0) is 20.3 Å². The van der Waals surface area contributed by atoms with Crippen molar-refractivity contribution in [3.8, 4) is 5.75 Å². The summed E-state index contributed by atoms with van der Waals surface area (Å²) in [5.41, 5.74) is -1.66. The largest absolute Gasteiger partial charge is 0.443 e. The van der Waals surface area contributed by atoms with Gasteiger partial charge in [0, 0.05) is 20.0 Å². The van der Waals surface area contributed by atoms with Crippen molar-refractivity contribution in [1.82, 2.24) is 9.13 Å². The molecular formula is C19H22F3N3O3. The van der Waals surface area contributed by atoms with E-state index in [1.807, 2.05) is 6.92 Å². The van der Waals surface area contributed by atoms with E-state index in [1.54, 1.807) is 6.92 Å². The Bertz CT molecular complexity index is 983. The quantitative estimate of drug-likeness (QED) is 0.585. The molecule has 0 saturated carbocycles. The Morgan fingerprint density at radius 1 is 1.21 bits per heavy atom. The van der Waals surface area contributed by atoms with E-state index < -0.39 is 23.0 Å². The zero-order valence-corrected chi connectivity index (χ0v) is 16.3. The number of aliphatic imine (C=N–C) groups is 1. The van der Waals surface area contributed by atoms with Crippen molar-refractivity contribution in [1.29, 1.82) is 0 Å². The van der Waals surface area contributed by atoms with Crippen LogP contribution in [0.25, 0.3) is 0 Å². The number of hydrogen-bond donors (Lipinski definition) is 0. The summed E-state index contributed by atoms with van der Waals surface area (Å²) >= 11 is 0. The van der Waals surface area contributed by atoms with Gasteiger partial charge in [-0.1, -0.05) is 19.9 Å². The van der Waals surface area contributed by atoms with E-state index in [-0.39, 0.29) is 28.9 Å². The highest BCUT2D eigenvalue weighted by molar-refractivity contribution is 5.83. The van der Waals surface area contributed by atoms with Crippen molar-refractivity contribution < 1.29 is 17.9 Å². The van der Waals surface area contributed by atoms with Gasteiger partial charge in [-0.15, -0.1) is 0 Å². The molecule has 0 N–H and O–H groups in total. The number of hydrogen-bond acceptors (Lipinski definition) is 4. The van der Waals surface area contributed by atoms with Crippen molar-refractivity contribution in [3.63, 3.8) is 0 Å². The topological polar surface area (TPSA) is 65.6 Å². The first-order valence-electron chi connectivity index (χ1n) is 8.67. The van der Waals surface area contributed by atoms with Crippen LogP contribution in [0.2, 0.25) is 0 Å². The van der Waals surface area contributed by atoms with Crippen LogP contribution in [0.5, 0.6) is 5.75 Å². The van der Waals surface area contributed by atoms with E-state index >= 15 is 0 Å². The molecule has 0 bridgehead atoms. The number of nitrogens with zero attached hydrogens (tertiary/aromatic N) is 3. The van der Waals surface area contributed by atoms with Crippen LogP contribution in [0.3, 0.4) is 0 Å². The Morgan fingerprint density at radius 2 is 1.86 bits per heavy atom. The monoisotopic (exact) mass is 397 g/mol. The first-order valence-corrected chi connectivity index (χ1v) is 8.67. The predicted octanol–water partition coefficient (Wildman–Crippen LogP) is 3.57. The van der Waals surface area contributed by atoms with Gasteiger partial charge >= 0.3 is 11.9 Å². The van der Waals surface area contributed by atoms with Gasteiger partial charge < -0.3 is 4.74 Å². The lowest BCUT2D eigenvalue weighted by atomic mass is 10.1. The van der Waals surface area contributed by atoms with Crippen molar-refractivity contribution in [2.45, 2.75) is 33.4 Å². The molecule has 0 aliphatic rings. The summed E-state index contributed by atoms with van der Waals surface area (Å²) in [6.45, 7) is 5.19. The van der Waals surface area contributed by atoms with E-state index in [0.29, 0.717) is 6.42 Å². The Hall–Kier alpha value is -2.84. The molecule has 0 amide bonds. The summed E-state index contributed by atoms with van der Waals surface area (Å²) in [6, 6.07) is 4.46. The first-order chi connectivity index (χ1) is 13.0. The number of halogens is 3. The van der Waals surface area contributed by atoms with Crippen molar-refractivity contribution in [2.75, 3.05) is 0 Å². The van der Waals surface area contributed by atoms with Crippen molar-refractivity contribution >= 4 is 11.7 Å². The molecular weight excluding hydrogens is 375 g/mol. The van der Waals surface area contributed by atoms with Crippen LogP contribution >= 0.6 is 0 Å². The number of rotatable bonds is 4. The number of aromatic nitrogens is 2. The summed E-state index contributed by atoms with van der Waals surface area (Å²) in [6.07, 6.45) is -3.91. The molecule has 0 radical (unpaired) electrons. The van der Waals surface area contributed by atoms with Gasteiger partial charge in [0.2, 0.25) is 0 Å². The minimum Gasteiger partial charge on any atom is -0.443 e. The van der Waals surface area contributed by atoms with E-state index in [4.69, 9.17) is 4.74 Å². The molecule has 0 saturated heterocycles. The van der Waals surface area contributed by atoms with Gasteiger partial charge in [0.15, 0.2) is 5.90 Å². The lowest BCUT2D eigenvalue weighted by Crippen LogP contribution is -2.38. The Labute approximate surface area is 159 Å². The zero-order chi connectivity index (χ0) is 21.2.